The number of nitrogens with two attached hydrogens (primary N) is 1. The summed E-state index contributed by atoms with van der Waals surface area (Å²) in [6.45, 7) is 2.56. The van der Waals surface area contributed by atoms with Gasteiger partial charge in [-0.15, -0.1) is 0 Å². The molecule has 0 spiro atoms. The monoisotopic (exact) mass is 209 g/mol. The molecule has 0 atom stereocenters. The van der Waals surface area contributed by atoms with Gasteiger partial charge in [0.15, 0.2) is 0 Å². The highest BCUT2D eigenvalue weighted by molar-refractivity contribution is 6.29. The van der Waals surface area contributed by atoms with E-state index in [-0.39, 0.29) is 0 Å². The highest BCUT2D eigenvalue weighted by Crippen LogP contribution is 2.18. The second kappa shape index (κ2) is 3.59. The quantitative estimate of drug-likeness (QED) is 0.767. The zero-order valence-electron chi connectivity index (χ0n) is 8.00. The normalized spacial score (nSPS) is 11.1. The van der Waals surface area contributed by atoms with Crippen LogP contribution in [0.5, 0.6) is 0 Å². The molecule has 0 radical (unpaired) electrons. The van der Waals surface area contributed by atoms with E-state index in [0.717, 1.165) is 23.5 Å². The molecule has 0 aliphatic rings. The summed E-state index contributed by atoms with van der Waals surface area (Å²) in [6.07, 6.45) is 0.749. The summed E-state index contributed by atoms with van der Waals surface area (Å²) in [5.74, 6) is 0.936. The van der Waals surface area contributed by atoms with Crippen molar-refractivity contribution < 1.29 is 0 Å². The summed E-state index contributed by atoms with van der Waals surface area (Å²) >= 11 is 6.09. The molecule has 0 aliphatic carbocycles. The van der Waals surface area contributed by atoms with Crippen LogP contribution in [0.2, 0.25) is 5.15 Å². The Hall–Kier alpha value is -1.06. The minimum absolute atomic E-state index is 0.587. The molecule has 0 fully saturated rings. The molecule has 2 aromatic rings. The topological polar surface area (TPSA) is 43.3 Å². The molecule has 0 unspecified atom stereocenters. The van der Waals surface area contributed by atoms with Crippen LogP contribution in [0.25, 0.3) is 5.52 Å². The van der Waals surface area contributed by atoms with E-state index in [9.17, 15) is 0 Å². The summed E-state index contributed by atoms with van der Waals surface area (Å²) in [7, 11) is 0. The predicted octanol–water partition coefficient (Wildman–Crippen LogP) is 1.80. The first-order valence-corrected chi connectivity index (χ1v) is 4.94. The Balaban J connectivity index is 2.72. The van der Waals surface area contributed by atoms with Crippen molar-refractivity contribution in [3.63, 3.8) is 0 Å². The first-order valence-electron chi connectivity index (χ1n) is 4.56. The van der Waals surface area contributed by atoms with Crippen LogP contribution < -0.4 is 5.73 Å². The zero-order chi connectivity index (χ0) is 10.1. The maximum absolute atomic E-state index is 6.09. The Morgan fingerprint density at radius 2 is 2.29 bits per heavy atom. The van der Waals surface area contributed by atoms with E-state index < -0.39 is 0 Å². The summed E-state index contributed by atoms with van der Waals surface area (Å²) in [5, 5.41) is 0.687. The van der Waals surface area contributed by atoms with Gasteiger partial charge in [0, 0.05) is 6.42 Å². The Morgan fingerprint density at radius 3 is 3.00 bits per heavy atom. The Bertz CT molecular complexity index is 462. The van der Waals surface area contributed by atoms with Gasteiger partial charge in [0.1, 0.15) is 11.0 Å². The smallest absolute Gasteiger partial charge is 0.115 e. The summed E-state index contributed by atoms with van der Waals surface area (Å²) in [5.41, 5.74) is 7.57. The predicted molar refractivity (Wildman–Crippen MR) is 57.7 cm³/mol. The molecule has 14 heavy (non-hydrogen) atoms. The summed E-state index contributed by atoms with van der Waals surface area (Å²) in [6, 6.07) is 5.79. The van der Waals surface area contributed by atoms with Crippen molar-refractivity contribution in [2.24, 2.45) is 5.73 Å². The molecule has 74 valence electrons. The third-order valence-corrected chi connectivity index (χ3v) is 2.53. The molecule has 2 rings (SSSR count). The summed E-state index contributed by atoms with van der Waals surface area (Å²) < 4.78 is 1.95. The van der Waals surface area contributed by atoms with Crippen molar-refractivity contribution >= 4 is 17.1 Å². The lowest BCUT2D eigenvalue weighted by molar-refractivity contribution is 0.860. The number of aryl methyl sites for hydroxylation is 1. The molecular weight excluding hydrogens is 198 g/mol. The van der Waals surface area contributed by atoms with Crippen molar-refractivity contribution in [2.75, 3.05) is 6.54 Å². The molecule has 0 amide bonds. The molecule has 0 saturated carbocycles. The number of imidazole rings is 1. The maximum atomic E-state index is 6.09. The molecule has 3 nitrogen and oxygen atoms in total. The Labute approximate surface area is 87.5 Å². The van der Waals surface area contributed by atoms with Crippen LogP contribution in [0.1, 0.15) is 11.5 Å². The fourth-order valence-corrected chi connectivity index (χ4v) is 1.89. The van der Waals surface area contributed by atoms with Crippen LogP contribution >= 0.6 is 11.6 Å². The lowest BCUT2D eigenvalue weighted by Crippen LogP contribution is -2.06. The van der Waals surface area contributed by atoms with Gasteiger partial charge in [0.25, 0.3) is 0 Å². The van der Waals surface area contributed by atoms with Gasteiger partial charge in [-0.2, -0.15) is 0 Å². The minimum Gasteiger partial charge on any atom is -0.330 e. The number of hydrogen-bond donors (Lipinski definition) is 1. The van der Waals surface area contributed by atoms with Crippen LogP contribution in [-0.4, -0.2) is 15.9 Å². The standard InChI is InChI=1S/C10H12ClN3/c1-7-8-3-2-4-9(11)14(8)10(13-7)5-6-12/h2-4H,5-6,12H2,1H3. The van der Waals surface area contributed by atoms with E-state index in [1.165, 1.54) is 0 Å². The highest BCUT2D eigenvalue weighted by atomic mass is 35.5. The van der Waals surface area contributed by atoms with Crippen LogP contribution in [0.3, 0.4) is 0 Å². The van der Waals surface area contributed by atoms with Crippen molar-refractivity contribution in [1.82, 2.24) is 9.38 Å². The van der Waals surface area contributed by atoms with Crippen molar-refractivity contribution in [3.8, 4) is 0 Å². The third-order valence-electron chi connectivity index (χ3n) is 2.24. The van der Waals surface area contributed by atoms with Gasteiger partial charge < -0.3 is 5.73 Å². The molecule has 0 bridgehead atoms. The van der Waals surface area contributed by atoms with Gasteiger partial charge in [-0.3, -0.25) is 4.40 Å². The van der Waals surface area contributed by atoms with Crippen LogP contribution in [0, 0.1) is 6.92 Å². The van der Waals surface area contributed by atoms with Crippen LogP contribution in [0.15, 0.2) is 18.2 Å². The third kappa shape index (κ3) is 1.38. The Morgan fingerprint density at radius 1 is 1.50 bits per heavy atom. The Kier molecular flexibility index (Phi) is 2.44. The second-order valence-electron chi connectivity index (χ2n) is 3.22. The van der Waals surface area contributed by atoms with E-state index in [1.54, 1.807) is 0 Å². The van der Waals surface area contributed by atoms with Gasteiger partial charge in [-0.1, -0.05) is 17.7 Å². The average molecular weight is 210 g/mol. The van der Waals surface area contributed by atoms with Gasteiger partial charge in [-0.05, 0) is 25.6 Å². The van der Waals surface area contributed by atoms with E-state index in [4.69, 9.17) is 17.3 Å². The molecule has 0 saturated heterocycles. The number of rotatable bonds is 2. The molecule has 2 heterocycles. The average Bonchev–Trinajstić information content (AvgIpc) is 2.46. The van der Waals surface area contributed by atoms with E-state index >= 15 is 0 Å². The lowest BCUT2D eigenvalue weighted by atomic mass is 10.3. The number of halogens is 1. The zero-order valence-corrected chi connectivity index (χ0v) is 8.75. The largest absolute Gasteiger partial charge is 0.330 e. The van der Waals surface area contributed by atoms with Gasteiger partial charge in [0.05, 0.1) is 11.2 Å². The fourth-order valence-electron chi connectivity index (χ4n) is 1.63. The molecular formula is C10H12ClN3. The van der Waals surface area contributed by atoms with Crippen LogP contribution in [0.4, 0.5) is 0 Å². The van der Waals surface area contributed by atoms with E-state index in [0.29, 0.717) is 11.7 Å². The SMILES string of the molecule is Cc1nc(CCN)n2c(Cl)cccc12. The number of aromatic nitrogens is 2. The van der Waals surface area contributed by atoms with E-state index in [2.05, 4.69) is 4.98 Å². The van der Waals surface area contributed by atoms with Crippen LogP contribution in [-0.2, 0) is 6.42 Å². The molecule has 2 aromatic heterocycles. The minimum atomic E-state index is 0.587. The van der Waals surface area contributed by atoms with Crippen molar-refractivity contribution in [1.29, 1.82) is 0 Å². The lowest BCUT2D eigenvalue weighted by Gasteiger charge is -2.01. The fraction of sp³-hybridized carbons (Fsp3) is 0.300. The highest BCUT2D eigenvalue weighted by Gasteiger charge is 2.08. The summed E-state index contributed by atoms with van der Waals surface area (Å²) in [4.78, 5) is 4.44. The van der Waals surface area contributed by atoms with Crippen molar-refractivity contribution in [2.45, 2.75) is 13.3 Å². The first-order chi connectivity index (χ1) is 6.74. The number of hydrogen-bond acceptors (Lipinski definition) is 2. The molecule has 0 aliphatic heterocycles. The van der Waals surface area contributed by atoms with Gasteiger partial charge >= 0.3 is 0 Å². The molecule has 4 heteroatoms. The number of pyridine rings is 1. The number of nitrogens with zero attached hydrogens (tertiary/aromatic N) is 2. The van der Waals surface area contributed by atoms with Gasteiger partial charge in [-0.25, -0.2) is 4.98 Å². The second-order valence-corrected chi connectivity index (χ2v) is 3.61. The van der Waals surface area contributed by atoms with Gasteiger partial charge in [0.2, 0.25) is 0 Å². The molecule has 0 aromatic carbocycles. The first kappa shape index (κ1) is 9.49. The number of fused-ring (bicyclic) bond motifs is 1. The van der Waals surface area contributed by atoms with Crippen molar-refractivity contribution in [3.05, 3.63) is 34.9 Å². The maximum Gasteiger partial charge on any atom is 0.115 e. The van der Waals surface area contributed by atoms with E-state index in [1.807, 2.05) is 29.5 Å². The molecule has 2 N–H and O–H groups in total.